The number of aliphatic hydroxyl groups is 1. The number of phenols is 1. The van der Waals surface area contributed by atoms with Crippen molar-refractivity contribution in [2.75, 3.05) is 14.1 Å². The quantitative estimate of drug-likeness (QED) is 0.402. The summed E-state index contributed by atoms with van der Waals surface area (Å²) in [5.74, 6) is -9.09. The molecule has 0 spiro atoms. The number of Topliss-reactive ketones (excluding diaryl/α,β-unsaturated/α-hetero) is 4. The number of likely N-dealkylation sites (N-methyl/N-ethyl adjacent to an activating group) is 1. The number of hydrogen-bond donors (Lipinski definition) is 4. The number of carbonyl (C=O) groups excluding carboxylic acids is 5. The monoisotopic (exact) mass is 547 g/mol. The summed E-state index contributed by atoms with van der Waals surface area (Å²) in [7, 11) is 3.12. The number of hydrogen-bond acceptors (Lipinski definition) is 9. The fraction of sp³-hybridized carbons (Fsp3) is 0.433. The van der Waals surface area contributed by atoms with Gasteiger partial charge in [-0.3, -0.25) is 28.9 Å². The summed E-state index contributed by atoms with van der Waals surface area (Å²) in [5.41, 5.74) is 7.89. The van der Waals surface area contributed by atoms with Gasteiger partial charge in [0.25, 0.3) is 0 Å². The van der Waals surface area contributed by atoms with Gasteiger partial charge in [0.15, 0.2) is 34.7 Å². The van der Waals surface area contributed by atoms with Crippen LogP contribution in [-0.4, -0.2) is 69.9 Å². The van der Waals surface area contributed by atoms with Crippen molar-refractivity contribution in [3.63, 3.8) is 0 Å². The number of phenolic OH excluding ortho intramolecular Hbond substituents is 1. The highest BCUT2D eigenvalue weighted by Gasteiger charge is 2.76. The Morgan fingerprint density at radius 1 is 1.07 bits per heavy atom. The number of nitrogens with zero attached hydrogens (tertiary/aromatic N) is 1. The number of carbonyl (C=O) groups is 5. The molecule has 2 aromatic rings. The maximum Gasteiger partial charge on any atom is 0.235 e. The second-order valence-corrected chi connectivity index (χ2v) is 12.1. The molecule has 2 aromatic carbocycles. The van der Waals surface area contributed by atoms with Crippen LogP contribution in [0.4, 0.5) is 0 Å². The Balaban J connectivity index is 1.78. The molecule has 6 atom stereocenters. The molecule has 0 saturated heterocycles. The van der Waals surface area contributed by atoms with E-state index in [0.717, 1.165) is 5.56 Å². The van der Waals surface area contributed by atoms with E-state index in [1.54, 1.807) is 27.1 Å². The average molecular weight is 548 g/mol. The molecule has 0 heterocycles. The largest absolute Gasteiger partial charge is 0.507 e. The number of fused-ring (bicyclic) bond motifs is 3. The third-order valence-electron chi connectivity index (χ3n) is 9.37. The van der Waals surface area contributed by atoms with Gasteiger partial charge in [0, 0.05) is 17.5 Å². The molecule has 0 aliphatic heterocycles. The fourth-order valence-corrected chi connectivity index (χ4v) is 7.87. The summed E-state index contributed by atoms with van der Waals surface area (Å²) in [5, 5.41) is 23.2. The third kappa shape index (κ3) is 3.36. The first-order valence-electron chi connectivity index (χ1n) is 13.1. The zero-order valence-corrected chi connectivity index (χ0v) is 22.9. The number of primary amides is 1. The molecule has 1 amide bonds. The molecule has 6 N–H and O–H groups in total. The number of rotatable bonds is 4. The van der Waals surface area contributed by atoms with Gasteiger partial charge in [-0.1, -0.05) is 44.2 Å². The number of nitrogens with two attached hydrogens (primary N) is 2. The molecule has 210 valence electrons. The first-order chi connectivity index (χ1) is 18.7. The maximum absolute atomic E-state index is 14.3. The van der Waals surface area contributed by atoms with E-state index in [-0.39, 0.29) is 30.7 Å². The van der Waals surface area contributed by atoms with Crippen LogP contribution >= 0.6 is 0 Å². The van der Waals surface area contributed by atoms with Crippen LogP contribution in [0, 0.1) is 22.7 Å². The summed E-state index contributed by atoms with van der Waals surface area (Å²) < 4.78 is 0. The predicted octanol–water partition coefficient (Wildman–Crippen LogP) is 0.773. The first-order valence-corrected chi connectivity index (χ1v) is 13.1. The van der Waals surface area contributed by atoms with E-state index in [2.05, 4.69) is 0 Å². The molecule has 0 bridgehead atoms. The van der Waals surface area contributed by atoms with Crippen molar-refractivity contribution in [1.82, 2.24) is 4.90 Å². The minimum Gasteiger partial charge on any atom is -0.507 e. The molecule has 0 aromatic heterocycles. The zero-order chi connectivity index (χ0) is 29.5. The smallest absolute Gasteiger partial charge is 0.235 e. The number of ketones is 4. The van der Waals surface area contributed by atoms with Crippen molar-refractivity contribution in [3.8, 4) is 16.9 Å². The van der Waals surface area contributed by atoms with Crippen molar-refractivity contribution in [2.45, 2.75) is 44.9 Å². The molecule has 3 aliphatic carbocycles. The summed E-state index contributed by atoms with van der Waals surface area (Å²) in [6, 6.07) is 9.78. The van der Waals surface area contributed by atoms with Gasteiger partial charge in [-0.2, -0.15) is 0 Å². The van der Waals surface area contributed by atoms with Crippen molar-refractivity contribution < 1.29 is 34.2 Å². The highest BCUT2D eigenvalue weighted by atomic mass is 16.3. The Kier molecular flexibility index (Phi) is 6.18. The van der Waals surface area contributed by atoms with Crippen LogP contribution in [0.25, 0.3) is 11.1 Å². The highest BCUT2D eigenvalue weighted by molar-refractivity contribution is 6.33. The van der Waals surface area contributed by atoms with Gasteiger partial charge in [0.2, 0.25) is 5.91 Å². The molecule has 0 radical (unpaired) electrons. The summed E-state index contributed by atoms with van der Waals surface area (Å²) in [4.78, 5) is 69.5. The van der Waals surface area contributed by atoms with Gasteiger partial charge >= 0.3 is 0 Å². The summed E-state index contributed by atoms with van der Waals surface area (Å²) in [6.45, 7) is 3.14. The summed E-state index contributed by atoms with van der Waals surface area (Å²) >= 11 is 0. The Morgan fingerprint density at radius 2 is 1.70 bits per heavy atom. The van der Waals surface area contributed by atoms with Gasteiger partial charge in [0.1, 0.15) is 5.75 Å². The SMILES string of the molecule is CN(C)[C@@H]1C(=O)C(C(N)=O)C(=O)[C@@]2(O)C(=O)C3C(=O)c4c(O)c(CN)cc(-c5ccccc5)c4C[C@@]3(C)C[C@@]12C. The van der Waals surface area contributed by atoms with E-state index in [9.17, 15) is 34.2 Å². The second-order valence-electron chi connectivity index (χ2n) is 12.1. The van der Waals surface area contributed by atoms with Crippen molar-refractivity contribution in [1.29, 1.82) is 0 Å². The number of amides is 1. The molecule has 2 unspecified atom stereocenters. The normalized spacial score (nSPS) is 33.4. The average Bonchev–Trinajstić information content (AvgIpc) is 2.86. The van der Waals surface area contributed by atoms with Gasteiger partial charge < -0.3 is 21.7 Å². The lowest BCUT2D eigenvalue weighted by Crippen LogP contribution is -2.79. The lowest BCUT2D eigenvalue weighted by Gasteiger charge is -2.61. The topological polar surface area (TPSA) is 181 Å². The molecule has 2 fully saturated rings. The van der Waals surface area contributed by atoms with Gasteiger partial charge in [-0.25, -0.2) is 0 Å². The predicted molar refractivity (Wildman–Crippen MR) is 144 cm³/mol. The van der Waals surface area contributed by atoms with Gasteiger partial charge in [-0.15, -0.1) is 0 Å². The van der Waals surface area contributed by atoms with Crippen LogP contribution in [0.15, 0.2) is 36.4 Å². The van der Waals surface area contributed by atoms with Crippen LogP contribution in [-0.2, 0) is 32.1 Å². The van der Waals surface area contributed by atoms with E-state index >= 15 is 0 Å². The van der Waals surface area contributed by atoms with E-state index in [1.807, 2.05) is 30.3 Å². The van der Waals surface area contributed by atoms with Crippen LogP contribution in [0.5, 0.6) is 5.75 Å². The van der Waals surface area contributed by atoms with Crippen LogP contribution in [0.2, 0.25) is 0 Å². The van der Waals surface area contributed by atoms with Crippen molar-refractivity contribution in [3.05, 3.63) is 53.1 Å². The van der Waals surface area contributed by atoms with E-state index in [0.29, 0.717) is 16.7 Å². The highest BCUT2D eigenvalue weighted by Crippen LogP contribution is 2.62. The lowest BCUT2D eigenvalue weighted by molar-refractivity contribution is -0.203. The Bertz CT molecular complexity index is 1500. The molecular formula is C30H33N3O7. The van der Waals surface area contributed by atoms with Gasteiger partial charge in [0.05, 0.1) is 17.5 Å². The first kappa shape index (κ1) is 27.8. The van der Waals surface area contributed by atoms with E-state index < -0.39 is 63.3 Å². The van der Waals surface area contributed by atoms with E-state index in [4.69, 9.17) is 11.5 Å². The minimum absolute atomic E-state index is 0.0697. The Hall–Kier alpha value is -3.73. The molecule has 40 heavy (non-hydrogen) atoms. The fourth-order valence-electron chi connectivity index (χ4n) is 7.87. The molecule has 5 rings (SSSR count). The molecule has 10 heteroatoms. The van der Waals surface area contributed by atoms with Crippen molar-refractivity contribution >= 4 is 29.0 Å². The van der Waals surface area contributed by atoms with Crippen LogP contribution < -0.4 is 11.5 Å². The van der Waals surface area contributed by atoms with Crippen LogP contribution in [0.3, 0.4) is 0 Å². The minimum atomic E-state index is -2.84. The lowest BCUT2D eigenvalue weighted by atomic mass is 9.42. The van der Waals surface area contributed by atoms with Crippen LogP contribution in [0.1, 0.15) is 41.8 Å². The number of benzene rings is 2. The standard InChI is InChI=1S/C30H33N3O7/c1-28-11-17-16(14-8-6-5-7-9-14)10-15(12-31)21(34)18(17)22(35)20(28)26(38)30(40)25(37)19(27(32)39)23(36)24(33(3)4)29(30,2)13-28/h5-10,19-20,24,34,40H,11-13,31H2,1-4H3,(H2,32,39)/t19?,20?,24-,28+,29+,30-/m1/s1. The maximum atomic E-state index is 14.3. The summed E-state index contributed by atoms with van der Waals surface area (Å²) in [6.07, 6.45) is 0.0676. The Labute approximate surface area is 231 Å². The molecule has 2 saturated carbocycles. The number of aromatic hydroxyl groups is 1. The zero-order valence-electron chi connectivity index (χ0n) is 22.9. The third-order valence-corrected chi connectivity index (χ3v) is 9.37. The second kappa shape index (κ2) is 8.89. The van der Waals surface area contributed by atoms with E-state index in [1.165, 1.54) is 11.8 Å². The molecular weight excluding hydrogens is 514 g/mol. The molecule has 3 aliphatic rings. The Morgan fingerprint density at radius 3 is 2.25 bits per heavy atom. The molecule has 10 nitrogen and oxygen atoms in total. The van der Waals surface area contributed by atoms with Crippen molar-refractivity contribution in [2.24, 2.45) is 34.1 Å². The van der Waals surface area contributed by atoms with Gasteiger partial charge in [-0.05, 0) is 55.1 Å².